The minimum absolute atomic E-state index is 0.0177. The van der Waals surface area contributed by atoms with E-state index >= 15 is 0 Å². The Morgan fingerprint density at radius 3 is 2.12 bits per heavy atom. The Morgan fingerprint density at radius 2 is 1.62 bits per heavy atom. The lowest BCUT2D eigenvalue weighted by Crippen LogP contribution is -2.07. The molecule has 0 radical (unpaired) electrons. The average Bonchev–Trinajstić information content (AvgIpc) is 3.14. The molecule has 2 atom stereocenters. The van der Waals surface area contributed by atoms with Gasteiger partial charge in [-0.2, -0.15) is 13.2 Å². The molecule has 0 spiro atoms. The number of hydrogen-bond donors (Lipinski definition) is 0. The summed E-state index contributed by atoms with van der Waals surface area (Å²) in [4.78, 5) is 12.5. The van der Waals surface area contributed by atoms with Gasteiger partial charge in [-0.25, -0.2) is 0 Å². The molecule has 2 aromatic rings. The molecule has 0 heterocycles. The van der Waals surface area contributed by atoms with Gasteiger partial charge in [0.05, 0.1) is 12.7 Å². The third-order valence-electron chi connectivity index (χ3n) is 5.46. The average molecular weight is 362 g/mol. The largest absolute Gasteiger partial charge is 0.497 e. The van der Waals surface area contributed by atoms with E-state index in [1.54, 1.807) is 7.11 Å². The van der Waals surface area contributed by atoms with Crippen molar-refractivity contribution in [2.45, 2.75) is 32.4 Å². The number of ether oxygens (including phenoxy) is 1. The molecule has 0 aromatic heterocycles. The second-order valence-electron chi connectivity index (χ2n) is 7.38. The van der Waals surface area contributed by atoms with Crippen molar-refractivity contribution < 1.29 is 22.7 Å². The quantitative estimate of drug-likeness (QED) is 0.635. The molecule has 5 heteroatoms. The van der Waals surface area contributed by atoms with Crippen LogP contribution in [0.25, 0.3) is 0 Å². The summed E-state index contributed by atoms with van der Waals surface area (Å²) >= 11 is 0. The topological polar surface area (TPSA) is 26.3 Å². The van der Waals surface area contributed by atoms with Gasteiger partial charge in [0.15, 0.2) is 5.78 Å². The van der Waals surface area contributed by atoms with Gasteiger partial charge in [-0.1, -0.05) is 38.1 Å². The second kappa shape index (κ2) is 6.45. The van der Waals surface area contributed by atoms with Crippen molar-refractivity contribution in [3.63, 3.8) is 0 Å². The fourth-order valence-electron chi connectivity index (χ4n) is 3.76. The van der Waals surface area contributed by atoms with Crippen LogP contribution < -0.4 is 4.74 Å². The Hall–Kier alpha value is -2.30. The van der Waals surface area contributed by atoms with E-state index in [0.717, 1.165) is 23.4 Å². The second-order valence-corrected chi connectivity index (χ2v) is 7.38. The van der Waals surface area contributed by atoms with Gasteiger partial charge in [-0.05, 0) is 47.1 Å². The number of halogens is 3. The van der Waals surface area contributed by atoms with Gasteiger partial charge < -0.3 is 4.74 Å². The summed E-state index contributed by atoms with van der Waals surface area (Å²) in [7, 11) is 1.61. The molecule has 1 aliphatic carbocycles. The molecule has 0 saturated heterocycles. The monoisotopic (exact) mass is 362 g/mol. The van der Waals surface area contributed by atoms with E-state index < -0.39 is 11.7 Å². The highest BCUT2D eigenvalue weighted by Crippen LogP contribution is 2.66. The highest BCUT2D eigenvalue weighted by atomic mass is 19.4. The predicted molar refractivity (Wildman–Crippen MR) is 93.4 cm³/mol. The first kappa shape index (κ1) is 18.5. The smallest absolute Gasteiger partial charge is 0.416 e. The molecular weight excluding hydrogens is 341 g/mol. The van der Waals surface area contributed by atoms with Crippen molar-refractivity contribution >= 4 is 5.78 Å². The van der Waals surface area contributed by atoms with Crippen LogP contribution in [0.3, 0.4) is 0 Å². The van der Waals surface area contributed by atoms with Crippen molar-refractivity contribution in [2.24, 2.45) is 11.3 Å². The van der Waals surface area contributed by atoms with Crippen LogP contribution in [0.4, 0.5) is 13.2 Å². The lowest BCUT2D eigenvalue weighted by atomic mass is 10.0. The summed E-state index contributed by atoms with van der Waals surface area (Å²) in [5.41, 5.74) is 0.725. The molecule has 26 heavy (non-hydrogen) atoms. The Bertz CT molecular complexity index is 790. The van der Waals surface area contributed by atoms with Gasteiger partial charge in [0.1, 0.15) is 5.75 Å². The molecule has 0 amide bonds. The van der Waals surface area contributed by atoms with Gasteiger partial charge in [-0.15, -0.1) is 0 Å². The van der Waals surface area contributed by atoms with Crippen molar-refractivity contribution in [3.05, 3.63) is 65.2 Å². The van der Waals surface area contributed by atoms with Crippen LogP contribution in [0.2, 0.25) is 0 Å². The van der Waals surface area contributed by atoms with E-state index in [-0.39, 0.29) is 23.0 Å². The van der Waals surface area contributed by atoms with Gasteiger partial charge in [0.25, 0.3) is 0 Å². The van der Waals surface area contributed by atoms with Gasteiger partial charge in [0, 0.05) is 12.0 Å². The maximum Gasteiger partial charge on any atom is 0.416 e. The van der Waals surface area contributed by atoms with Gasteiger partial charge >= 0.3 is 6.18 Å². The molecule has 1 saturated carbocycles. The molecule has 2 aromatic carbocycles. The summed E-state index contributed by atoms with van der Waals surface area (Å²) < 4.78 is 43.1. The Morgan fingerprint density at radius 1 is 1.04 bits per heavy atom. The van der Waals surface area contributed by atoms with E-state index in [2.05, 4.69) is 13.8 Å². The fraction of sp³-hybridized carbons (Fsp3) is 0.381. The zero-order valence-corrected chi connectivity index (χ0v) is 14.9. The maximum atomic E-state index is 12.6. The lowest BCUT2D eigenvalue weighted by molar-refractivity contribution is -0.137. The lowest BCUT2D eigenvalue weighted by Gasteiger charge is -2.07. The normalized spacial score (nSPS) is 21.3. The fourth-order valence-corrected chi connectivity index (χ4v) is 3.76. The number of carbonyl (C=O) groups is 1. The van der Waals surface area contributed by atoms with E-state index in [0.29, 0.717) is 12.0 Å². The SMILES string of the molecule is COc1ccc([C@H]2[C@H](CC(=O)c3ccc(C(F)(F)F)cc3)C2(C)C)cc1. The highest BCUT2D eigenvalue weighted by Gasteiger charge is 2.58. The van der Waals surface area contributed by atoms with Gasteiger partial charge in [0.2, 0.25) is 0 Å². The molecule has 0 aliphatic heterocycles. The van der Waals surface area contributed by atoms with Crippen LogP contribution in [0.1, 0.15) is 47.7 Å². The van der Waals surface area contributed by atoms with Crippen molar-refractivity contribution in [3.8, 4) is 5.75 Å². The standard InChI is InChI=1S/C21H21F3O2/c1-20(2)17(19(20)14-6-10-16(26-3)11-7-14)12-18(25)13-4-8-15(9-5-13)21(22,23)24/h4-11,17,19H,12H2,1-3H3/t17-,19-/m0/s1. The first-order valence-corrected chi connectivity index (χ1v) is 8.49. The summed E-state index contributed by atoms with van der Waals surface area (Å²) in [6.07, 6.45) is -4.06. The van der Waals surface area contributed by atoms with Crippen LogP contribution >= 0.6 is 0 Å². The molecule has 0 bridgehead atoms. The highest BCUT2D eigenvalue weighted by molar-refractivity contribution is 5.96. The van der Waals surface area contributed by atoms with E-state index in [1.165, 1.54) is 12.1 Å². The predicted octanol–water partition coefficient (Wildman–Crippen LogP) is 5.73. The number of benzene rings is 2. The molecule has 0 unspecified atom stereocenters. The van der Waals surface area contributed by atoms with E-state index in [4.69, 9.17) is 4.74 Å². The summed E-state index contributed by atoms with van der Waals surface area (Å²) in [5.74, 6) is 1.09. The first-order chi connectivity index (χ1) is 12.1. The molecule has 1 aliphatic rings. The van der Waals surface area contributed by atoms with Crippen LogP contribution in [-0.4, -0.2) is 12.9 Å². The molecule has 0 N–H and O–H groups in total. The maximum absolute atomic E-state index is 12.6. The number of hydrogen-bond acceptors (Lipinski definition) is 2. The number of Topliss-reactive ketones (excluding diaryl/α,β-unsaturated/α-hetero) is 1. The summed E-state index contributed by atoms with van der Waals surface area (Å²) in [6.45, 7) is 4.24. The van der Waals surface area contributed by atoms with Gasteiger partial charge in [-0.3, -0.25) is 4.79 Å². The molecule has 138 valence electrons. The zero-order valence-electron chi connectivity index (χ0n) is 14.9. The Balaban J connectivity index is 1.71. The third-order valence-corrected chi connectivity index (χ3v) is 5.46. The zero-order chi connectivity index (χ0) is 19.1. The van der Waals surface area contributed by atoms with Crippen molar-refractivity contribution in [1.29, 1.82) is 0 Å². The molecule has 3 rings (SSSR count). The van der Waals surface area contributed by atoms with Crippen LogP contribution in [0.5, 0.6) is 5.75 Å². The van der Waals surface area contributed by atoms with Crippen LogP contribution in [0.15, 0.2) is 48.5 Å². The minimum atomic E-state index is -4.39. The number of rotatable bonds is 5. The molecule has 1 fully saturated rings. The third kappa shape index (κ3) is 3.48. The Kier molecular flexibility index (Phi) is 4.59. The Labute approximate surface area is 151 Å². The first-order valence-electron chi connectivity index (χ1n) is 8.49. The van der Waals surface area contributed by atoms with E-state index in [1.807, 2.05) is 24.3 Å². The molecular formula is C21H21F3O2. The summed E-state index contributed by atoms with van der Waals surface area (Å²) in [5, 5.41) is 0. The number of carbonyl (C=O) groups excluding carboxylic acids is 1. The van der Waals surface area contributed by atoms with Crippen LogP contribution in [-0.2, 0) is 6.18 Å². The van der Waals surface area contributed by atoms with E-state index in [9.17, 15) is 18.0 Å². The van der Waals surface area contributed by atoms with Crippen LogP contribution in [0, 0.1) is 11.3 Å². The summed E-state index contributed by atoms with van der Waals surface area (Å²) in [6, 6.07) is 12.3. The number of alkyl halides is 3. The number of ketones is 1. The molecule has 2 nitrogen and oxygen atoms in total. The number of methoxy groups -OCH3 is 1. The van der Waals surface area contributed by atoms with Crippen molar-refractivity contribution in [1.82, 2.24) is 0 Å². The minimum Gasteiger partial charge on any atom is -0.497 e. The van der Waals surface area contributed by atoms with Crippen molar-refractivity contribution in [2.75, 3.05) is 7.11 Å².